The molecule has 1 saturated heterocycles. The average Bonchev–Trinajstić information content (AvgIpc) is 2.09. The summed E-state index contributed by atoms with van der Waals surface area (Å²) in [4.78, 5) is 0. The molecule has 5 atom stereocenters. The molecule has 0 radical (unpaired) electrons. The van der Waals surface area contributed by atoms with Crippen LogP contribution in [0.15, 0.2) is 0 Å². The predicted octanol–water partition coefficient (Wildman–Crippen LogP) is 0.150. The molecule has 2 unspecified atom stereocenters. The van der Waals surface area contributed by atoms with E-state index in [-0.39, 0.29) is 24.0 Å². The van der Waals surface area contributed by atoms with Gasteiger partial charge in [0.15, 0.2) is 0 Å². The van der Waals surface area contributed by atoms with Crippen molar-refractivity contribution in [2.24, 2.45) is 11.3 Å². The van der Waals surface area contributed by atoms with Crippen molar-refractivity contribution >= 4 is 0 Å². The van der Waals surface area contributed by atoms with E-state index in [4.69, 9.17) is 9.84 Å². The van der Waals surface area contributed by atoms with E-state index in [0.717, 1.165) is 0 Å². The van der Waals surface area contributed by atoms with Crippen LogP contribution in [0.25, 0.3) is 0 Å². The van der Waals surface area contributed by atoms with Crippen LogP contribution in [0.1, 0.15) is 27.7 Å². The standard InChI is InChI=1S/C11H22O4/c1-6-8(11(2,3)4)10(14)9(13)7(5-12)15-6/h6-10,12-14H,5H2,1-4H3/t6-,7?,8?,9-,10-/m1/s1. The van der Waals surface area contributed by atoms with Gasteiger partial charge >= 0.3 is 0 Å². The molecule has 0 amide bonds. The molecule has 0 spiro atoms. The van der Waals surface area contributed by atoms with E-state index in [1.165, 1.54) is 0 Å². The molecule has 0 bridgehead atoms. The van der Waals surface area contributed by atoms with Crippen LogP contribution < -0.4 is 0 Å². The van der Waals surface area contributed by atoms with Crippen LogP contribution in [0.4, 0.5) is 0 Å². The molecule has 90 valence electrons. The maximum absolute atomic E-state index is 10.0. The summed E-state index contributed by atoms with van der Waals surface area (Å²) in [6.07, 6.45) is -2.68. The molecule has 0 aromatic heterocycles. The van der Waals surface area contributed by atoms with E-state index < -0.39 is 18.3 Å². The van der Waals surface area contributed by atoms with E-state index in [0.29, 0.717) is 0 Å². The Balaban J connectivity index is 2.84. The summed E-state index contributed by atoms with van der Waals surface area (Å²) >= 11 is 0. The molecule has 0 saturated carbocycles. The Morgan fingerprint density at radius 2 is 1.67 bits per heavy atom. The lowest BCUT2D eigenvalue weighted by molar-refractivity contribution is -0.222. The zero-order valence-electron chi connectivity index (χ0n) is 9.84. The van der Waals surface area contributed by atoms with Gasteiger partial charge in [-0.2, -0.15) is 0 Å². The first-order valence-electron chi connectivity index (χ1n) is 5.41. The average molecular weight is 218 g/mol. The lowest BCUT2D eigenvalue weighted by Gasteiger charge is -2.47. The molecule has 4 nitrogen and oxygen atoms in total. The minimum Gasteiger partial charge on any atom is -0.394 e. The van der Waals surface area contributed by atoms with Crippen LogP contribution in [0.2, 0.25) is 0 Å². The van der Waals surface area contributed by atoms with Gasteiger partial charge in [-0.25, -0.2) is 0 Å². The van der Waals surface area contributed by atoms with Crippen molar-refractivity contribution in [2.75, 3.05) is 6.61 Å². The summed E-state index contributed by atoms with van der Waals surface area (Å²) in [5, 5.41) is 28.7. The Kier molecular flexibility index (Phi) is 3.76. The first-order chi connectivity index (χ1) is 6.79. The van der Waals surface area contributed by atoms with Gasteiger partial charge in [0.2, 0.25) is 0 Å². The van der Waals surface area contributed by atoms with Crippen LogP contribution >= 0.6 is 0 Å². The highest BCUT2D eigenvalue weighted by Gasteiger charge is 2.46. The molecule has 0 aromatic carbocycles. The highest BCUT2D eigenvalue weighted by molar-refractivity contribution is 4.95. The molecule has 1 rings (SSSR count). The fourth-order valence-electron chi connectivity index (χ4n) is 2.52. The summed E-state index contributed by atoms with van der Waals surface area (Å²) in [6.45, 7) is 7.62. The van der Waals surface area contributed by atoms with Crippen molar-refractivity contribution in [3.63, 3.8) is 0 Å². The van der Waals surface area contributed by atoms with Crippen molar-refractivity contribution in [3.8, 4) is 0 Å². The SMILES string of the molecule is C[C@H]1OC(CO)[C@@H](O)[C@H](O)C1C(C)(C)C. The van der Waals surface area contributed by atoms with Crippen molar-refractivity contribution in [2.45, 2.75) is 52.1 Å². The predicted molar refractivity (Wildman–Crippen MR) is 56.4 cm³/mol. The van der Waals surface area contributed by atoms with E-state index >= 15 is 0 Å². The third-order valence-corrected chi connectivity index (χ3v) is 3.17. The van der Waals surface area contributed by atoms with Crippen molar-refractivity contribution in [1.82, 2.24) is 0 Å². The van der Waals surface area contributed by atoms with Gasteiger partial charge < -0.3 is 20.1 Å². The minimum atomic E-state index is -1.00. The Bertz CT molecular complexity index is 211. The van der Waals surface area contributed by atoms with Crippen molar-refractivity contribution in [3.05, 3.63) is 0 Å². The van der Waals surface area contributed by atoms with Gasteiger partial charge in [-0.3, -0.25) is 0 Å². The highest BCUT2D eigenvalue weighted by atomic mass is 16.5. The number of hydrogen-bond acceptors (Lipinski definition) is 4. The smallest absolute Gasteiger partial charge is 0.109 e. The maximum atomic E-state index is 10.0. The van der Waals surface area contributed by atoms with Gasteiger partial charge in [0, 0.05) is 5.92 Å². The molecule has 1 aliphatic rings. The van der Waals surface area contributed by atoms with Gasteiger partial charge in [-0.05, 0) is 12.3 Å². The third kappa shape index (κ3) is 2.50. The van der Waals surface area contributed by atoms with Crippen molar-refractivity contribution in [1.29, 1.82) is 0 Å². The zero-order chi connectivity index (χ0) is 11.8. The van der Waals surface area contributed by atoms with Crippen molar-refractivity contribution < 1.29 is 20.1 Å². The van der Waals surface area contributed by atoms with Crippen LogP contribution in [0, 0.1) is 11.3 Å². The fraction of sp³-hybridized carbons (Fsp3) is 1.00. The van der Waals surface area contributed by atoms with Crippen LogP contribution in [-0.2, 0) is 4.74 Å². The monoisotopic (exact) mass is 218 g/mol. The molecular weight excluding hydrogens is 196 g/mol. The number of rotatable bonds is 1. The number of aliphatic hydroxyl groups excluding tert-OH is 3. The van der Waals surface area contributed by atoms with Gasteiger partial charge in [-0.1, -0.05) is 20.8 Å². The summed E-state index contributed by atoms with van der Waals surface area (Å²) in [5.74, 6) is -0.129. The molecule has 15 heavy (non-hydrogen) atoms. The highest BCUT2D eigenvalue weighted by Crippen LogP contribution is 2.38. The molecule has 1 fully saturated rings. The Hall–Kier alpha value is -0.160. The Morgan fingerprint density at radius 1 is 1.13 bits per heavy atom. The Labute approximate surface area is 90.9 Å². The Morgan fingerprint density at radius 3 is 2.07 bits per heavy atom. The fourth-order valence-corrected chi connectivity index (χ4v) is 2.52. The maximum Gasteiger partial charge on any atom is 0.109 e. The minimum absolute atomic E-state index is 0.129. The third-order valence-electron chi connectivity index (χ3n) is 3.17. The van der Waals surface area contributed by atoms with Gasteiger partial charge in [-0.15, -0.1) is 0 Å². The van der Waals surface area contributed by atoms with E-state index in [9.17, 15) is 10.2 Å². The largest absolute Gasteiger partial charge is 0.394 e. The van der Waals surface area contributed by atoms with E-state index in [1.54, 1.807) is 0 Å². The van der Waals surface area contributed by atoms with Crippen LogP contribution in [0.3, 0.4) is 0 Å². The molecule has 4 heteroatoms. The van der Waals surface area contributed by atoms with E-state index in [2.05, 4.69) is 0 Å². The molecule has 0 aliphatic carbocycles. The summed E-state index contributed by atoms with van der Waals surface area (Å²) in [6, 6.07) is 0. The topological polar surface area (TPSA) is 69.9 Å². The quantitative estimate of drug-likeness (QED) is 0.586. The summed E-state index contributed by atoms with van der Waals surface area (Å²) < 4.78 is 5.50. The lowest BCUT2D eigenvalue weighted by atomic mass is 9.71. The number of aliphatic hydroxyl groups is 3. The molecule has 1 aliphatic heterocycles. The number of ether oxygens (including phenoxy) is 1. The second-order valence-electron chi connectivity index (χ2n) is 5.44. The van der Waals surface area contributed by atoms with Crippen LogP contribution in [0.5, 0.6) is 0 Å². The summed E-state index contributed by atoms with van der Waals surface area (Å²) in [5.41, 5.74) is -0.139. The second-order valence-corrected chi connectivity index (χ2v) is 5.44. The zero-order valence-corrected chi connectivity index (χ0v) is 9.84. The van der Waals surface area contributed by atoms with Crippen LogP contribution in [-0.4, -0.2) is 46.3 Å². The molecule has 1 heterocycles. The van der Waals surface area contributed by atoms with Gasteiger partial charge in [0.05, 0.1) is 18.8 Å². The molecular formula is C11H22O4. The van der Waals surface area contributed by atoms with Gasteiger partial charge in [0.1, 0.15) is 12.2 Å². The normalized spacial score (nSPS) is 43.0. The lowest BCUT2D eigenvalue weighted by Crippen LogP contribution is -2.58. The first-order valence-corrected chi connectivity index (χ1v) is 5.41. The molecule has 0 aromatic rings. The molecule has 3 N–H and O–H groups in total. The summed E-state index contributed by atoms with van der Waals surface area (Å²) in [7, 11) is 0. The first kappa shape index (κ1) is 12.9. The van der Waals surface area contributed by atoms with Gasteiger partial charge in [0.25, 0.3) is 0 Å². The number of hydrogen-bond donors (Lipinski definition) is 3. The van der Waals surface area contributed by atoms with E-state index in [1.807, 2.05) is 27.7 Å². The second kappa shape index (κ2) is 4.37.